The zero-order valence-corrected chi connectivity index (χ0v) is 19.3. The number of benzene rings is 1. The summed E-state index contributed by atoms with van der Waals surface area (Å²) in [4.78, 5) is 26.7. The fourth-order valence-electron chi connectivity index (χ4n) is 4.93. The molecule has 3 heterocycles. The fraction of sp³-hybridized carbons (Fsp3) is 0.560. The maximum Gasteiger partial charge on any atom is 0.272 e. The highest BCUT2D eigenvalue weighted by Crippen LogP contribution is 2.23. The number of hydrogen-bond acceptors (Lipinski definition) is 4. The summed E-state index contributed by atoms with van der Waals surface area (Å²) in [6.07, 6.45) is 10.5. The van der Waals surface area contributed by atoms with Crippen LogP contribution in [0.3, 0.4) is 0 Å². The Hall–Kier alpha value is -1.98. The smallest absolute Gasteiger partial charge is 0.272 e. The lowest BCUT2D eigenvalue weighted by atomic mass is 9.99. The van der Waals surface area contributed by atoms with Crippen molar-refractivity contribution in [2.45, 2.75) is 64.3 Å². The van der Waals surface area contributed by atoms with E-state index in [4.69, 9.17) is 11.6 Å². The molecule has 0 radical (unpaired) electrons. The van der Waals surface area contributed by atoms with Crippen molar-refractivity contribution in [3.8, 4) is 0 Å². The number of hydrogen-bond donors (Lipinski definition) is 0. The van der Waals surface area contributed by atoms with Crippen LogP contribution in [0.4, 0.5) is 0 Å². The summed E-state index contributed by atoms with van der Waals surface area (Å²) in [6.45, 7) is 6.10. The maximum absolute atomic E-state index is 13.2. The third kappa shape index (κ3) is 5.64. The second kappa shape index (κ2) is 10.6. The van der Waals surface area contributed by atoms with Gasteiger partial charge in [-0.25, -0.2) is 9.97 Å². The molecule has 0 atom stereocenters. The SMILES string of the molecule is Cc1c(CCCc2ccc(Cl)cc2)ncnc1C(=O)N1CCC(N2CCCCC2)CC1. The minimum absolute atomic E-state index is 0.0657. The lowest BCUT2D eigenvalue weighted by Crippen LogP contribution is -2.48. The summed E-state index contributed by atoms with van der Waals surface area (Å²) in [6, 6.07) is 8.63. The molecule has 6 heteroatoms. The largest absolute Gasteiger partial charge is 0.337 e. The minimum atomic E-state index is 0.0657. The van der Waals surface area contributed by atoms with E-state index in [2.05, 4.69) is 27.0 Å². The highest BCUT2D eigenvalue weighted by molar-refractivity contribution is 6.30. The molecule has 0 saturated carbocycles. The number of aromatic nitrogens is 2. The molecule has 1 amide bonds. The van der Waals surface area contributed by atoms with Crippen molar-refractivity contribution in [1.82, 2.24) is 19.8 Å². The van der Waals surface area contributed by atoms with Crippen LogP contribution < -0.4 is 0 Å². The molecule has 2 aliphatic heterocycles. The van der Waals surface area contributed by atoms with E-state index in [0.717, 1.165) is 61.5 Å². The normalized spacial score (nSPS) is 18.3. The molecule has 1 aromatic heterocycles. The molecular weight excluding hydrogens is 408 g/mol. The second-order valence-corrected chi connectivity index (χ2v) is 9.33. The highest BCUT2D eigenvalue weighted by Gasteiger charge is 2.29. The van der Waals surface area contributed by atoms with Crippen molar-refractivity contribution in [1.29, 1.82) is 0 Å². The third-order valence-corrected chi connectivity index (χ3v) is 7.09. The van der Waals surface area contributed by atoms with Crippen LogP contribution in [-0.2, 0) is 12.8 Å². The Balaban J connectivity index is 1.32. The lowest BCUT2D eigenvalue weighted by Gasteiger charge is -2.40. The number of likely N-dealkylation sites (tertiary alicyclic amines) is 2. The number of piperidine rings is 2. The van der Waals surface area contributed by atoms with Crippen LogP contribution in [0.5, 0.6) is 0 Å². The Bertz CT molecular complexity index is 872. The van der Waals surface area contributed by atoms with Crippen molar-refractivity contribution in [3.05, 3.63) is 58.1 Å². The number of carbonyl (C=O) groups is 1. The molecule has 0 unspecified atom stereocenters. The highest BCUT2D eigenvalue weighted by atomic mass is 35.5. The number of carbonyl (C=O) groups excluding carboxylic acids is 1. The van der Waals surface area contributed by atoms with Gasteiger partial charge in [0.05, 0.1) is 0 Å². The van der Waals surface area contributed by atoms with E-state index in [-0.39, 0.29) is 5.91 Å². The van der Waals surface area contributed by atoms with E-state index in [9.17, 15) is 4.79 Å². The summed E-state index contributed by atoms with van der Waals surface area (Å²) in [5, 5.41) is 0.763. The zero-order valence-electron chi connectivity index (χ0n) is 18.5. The first-order chi connectivity index (χ1) is 15.1. The Morgan fingerprint density at radius 3 is 2.42 bits per heavy atom. The van der Waals surface area contributed by atoms with Gasteiger partial charge in [0, 0.05) is 35.4 Å². The number of halogens is 1. The molecule has 0 spiro atoms. The molecule has 166 valence electrons. The van der Waals surface area contributed by atoms with E-state index in [1.54, 1.807) is 6.33 Å². The zero-order chi connectivity index (χ0) is 21.6. The van der Waals surface area contributed by atoms with Gasteiger partial charge in [0.25, 0.3) is 5.91 Å². The summed E-state index contributed by atoms with van der Waals surface area (Å²) in [5.41, 5.74) is 3.76. The Labute approximate surface area is 190 Å². The molecule has 1 aromatic carbocycles. The molecular formula is C25H33ClN4O. The van der Waals surface area contributed by atoms with Crippen molar-refractivity contribution < 1.29 is 4.79 Å². The Morgan fingerprint density at radius 2 is 1.71 bits per heavy atom. The van der Waals surface area contributed by atoms with Crippen molar-refractivity contribution in [3.63, 3.8) is 0 Å². The molecule has 2 aliphatic rings. The van der Waals surface area contributed by atoms with Crippen LogP contribution in [0.25, 0.3) is 0 Å². The topological polar surface area (TPSA) is 49.3 Å². The van der Waals surface area contributed by atoms with Crippen LogP contribution in [0.15, 0.2) is 30.6 Å². The first-order valence-corrected chi connectivity index (χ1v) is 12.1. The number of rotatable bonds is 6. The molecule has 2 aromatic rings. The van der Waals surface area contributed by atoms with Crippen molar-refractivity contribution in [2.24, 2.45) is 0 Å². The first-order valence-electron chi connectivity index (χ1n) is 11.7. The third-order valence-electron chi connectivity index (χ3n) is 6.84. The van der Waals surface area contributed by atoms with Crippen LogP contribution in [0.2, 0.25) is 5.02 Å². The van der Waals surface area contributed by atoms with Crippen LogP contribution >= 0.6 is 11.6 Å². The van der Waals surface area contributed by atoms with Gasteiger partial charge in [-0.05, 0) is 82.7 Å². The van der Waals surface area contributed by atoms with E-state index in [1.165, 1.54) is 37.9 Å². The molecule has 4 rings (SSSR count). The molecule has 0 N–H and O–H groups in total. The van der Waals surface area contributed by atoms with E-state index >= 15 is 0 Å². The number of amides is 1. The second-order valence-electron chi connectivity index (χ2n) is 8.89. The standard InChI is InChI=1S/C25H33ClN4O/c1-19-23(7-5-6-20-8-10-21(26)11-9-20)27-18-28-24(19)25(31)30-16-12-22(13-17-30)29-14-3-2-4-15-29/h8-11,18,22H,2-7,12-17H2,1H3. The summed E-state index contributed by atoms with van der Waals surface area (Å²) in [7, 11) is 0. The van der Waals surface area contributed by atoms with Gasteiger partial charge in [0.15, 0.2) is 0 Å². The van der Waals surface area contributed by atoms with E-state index < -0.39 is 0 Å². The predicted molar refractivity (Wildman–Crippen MR) is 125 cm³/mol. The molecule has 0 bridgehead atoms. The minimum Gasteiger partial charge on any atom is -0.337 e. The summed E-state index contributed by atoms with van der Waals surface area (Å²) < 4.78 is 0. The quantitative estimate of drug-likeness (QED) is 0.653. The predicted octanol–water partition coefficient (Wildman–Crippen LogP) is 4.70. The number of nitrogens with zero attached hydrogens (tertiary/aromatic N) is 4. The summed E-state index contributed by atoms with van der Waals surface area (Å²) >= 11 is 5.97. The van der Waals surface area contributed by atoms with Crippen LogP contribution in [0, 0.1) is 6.92 Å². The van der Waals surface area contributed by atoms with Gasteiger partial charge < -0.3 is 9.80 Å². The lowest BCUT2D eigenvalue weighted by molar-refractivity contribution is 0.0583. The Morgan fingerprint density at radius 1 is 1.00 bits per heavy atom. The molecule has 2 fully saturated rings. The van der Waals surface area contributed by atoms with Crippen LogP contribution in [-0.4, -0.2) is 57.9 Å². The molecule has 0 aliphatic carbocycles. The first kappa shape index (κ1) is 22.2. The summed E-state index contributed by atoms with van der Waals surface area (Å²) in [5.74, 6) is 0.0657. The maximum atomic E-state index is 13.2. The fourth-order valence-corrected chi connectivity index (χ4v) is 5.06. The van der Waals surface area contributed by atoms with Crippen LogP contribution in [0.1, 0.15) is 65.8 Å². The number of aryl methyl sites for hydroxylation is 2. The van der Waals surface area contributed by atoms with Gasteiger partial charge in [-0.15, -0.1) is 0 Å². The van der Waals surface area contributed by atoms with Gasteiger partial charge in [-0.2, -0.15) is 0 Å². The van der Waals surface area contributed by atoms with Crippen molar-refractivity contribution >= 4 is 17.5 Å². The van der Waals surface area contributed by atoms with Gasteiger partial charge in [0.1, 0.15) is 12.0 Å². The average Bonchev–Trinajstić information content (AvgIpc) is 2.82. The van der Waals surface area contributed by atoms with E-state index in [1.807, 2.05) is 24.0 Å². The van der Waals surface area contributed by atoms with Crippen molar-refractivity contribution in [2.75, 3.05) is 26.2 Å². The van der Waals surface area contributed by atoms with Gasteiger partial charge in [-0.3, -0.25) is 4.79 Å². The molecule has 5 nitrogen and oxygen atoms in total. The van der Waals surface area contributed by atoms with E-state index in [0.29, 0.717) is 11.7 Å². The molecule has 31 heavy (non-hydrogen) atoms. The molecule has 2 saturated heterocycles. The van der Waals surface area contributed by atoms with Gasteiger partial charge >= 0.3 is 0 Å². The van der Waals surface area contributed by atoms with Gasteiger partial charge in [0.2, 0.25) is 0 Å². The average molecular weight is 441 g/mol. The van der Waals surface area contributed by atoms with Gasteiger partial charge in [-0.1, -0.05) is 30.2 Å². The Kier molecular flexibility index (Phi) is 7.57. The monoisotopic (exact) mass is 440 g/mol.